The number of hydrogen-bond donors (Lipinski definition) is 1. The molecule has 1 radical (unpaired) electrons. The maximum atomic E-state index is 12.4. The van der Waals surface area contributed by atoms with Crippen molar-refractivity contribution in [3.63, 3.8) is 0 Å². The average Bonchev–Trinajstić information content (AvgIpc) is 3.53. The molecule has 0 aliphatic carbocycles. The molecular formula is C42H44FIrN4O2Si-. The molecule has 9 heteroatoms. The van der Waals surface area contributed by atoms with Crippen molar-refractivity contribution in [1.82, 2.24) is 19.4 Å². The van der Waals surface area contributed by atoms with E-state index in [0.29, 0.717) is 6.42 Å². The van der Waals surface area contributed by atoms with Gasteiger partial charge < -0.3 is 5.11 Å². The number of imidazole rings is 1. The van der Waals surface area contributed by atoms with Crippen LogP contribution in [0.1, 0.15) is 40.0 Å². The minimum atomic E-state index is -1.62. The van der Waals surface area contributed by atoms with Crippen LogP contribution in [0.3, 0.4) is 0 Å². The monoisotopic (exact) mass is 876 g/mol. The number of rotatable bonds is 9. The predicted molar refractivity (Wildman–Crippen MR) is 208 cm³/mol. The molecule has 1 N–H and O–H groups in total. The third-order valence-electron chi connectivity index (χ3n) is 9.66. The van der Waals surface area contributed by atoms with E-state index in [1.807, 2.05) is 13.8 Å². The maximum Gasteiger partial charge on any atom is 0.162 e. The Bertz CT molecular complexity index is 2380. The van der Waals surface area contributed by atoms with Gasteiger partial charge in [0.05, 0.1) is 20.3 Å². The van der Waals surface area contributed by atoms with Gasteiger partial charge in [-0.1, -0.05) is 112 Å². The first-order chi connectivity index (χ1) is 24.1. The van der Waals surface area contributed by atoms with E-state index >= 15 is 0 Å². The molecule has 7 aromatic rings. The van der Waals surface area contributed by atoms with Gasteiger partial charge in [0.15, 0.2) is 11.4 Å². The van der Waals surface area contributed by atoms with Gasteiger partial charge in [-0.25, -0.2) is 9.97 Å². The molecule has 3 heterocycles. The number of para-hydroxylation sites is 1. The number of nitrogens with zero attached hydrogens (tertiary/aromatic N) is 4. The van der Waals surface area contributed by atoms with E-state index in [1.54, 1.807) is 13.3 Å². The fourth-order valence-electron chi connectivity index (χ4n) is 6.76. The number of aromatic nitrogens is 4. The van der Waals surface area contributed by atoms with Crippen molar-refractivity contribution in [2.75, 3.05) is 6.67 Å². The zero-order chi connectivity index (χ0) is 35.6. The molecule has 7 rings (SSSR count). The largest absolute Gasteiger partial charge is 0.512 e. The van der Waals surface area contributed by atoms with Crippen LogP contribution in [0.25, 0.3) is 60.5 Å². The molecule has 0 saturated heterocycles. The first-order valence-electron chi connectivity index (χ1n) is 17.5. The molecule has 0 aliphatic rings. The first kappa shape index (κ1) is 37.9. The molecule has 0 spiro atoms. The molecule has 0 aliphatic heterocycles. The Morgan fingerprint density at radius 1 is 0.843 bits per heavy atom. The Balaban J connectivity index is 0.000000271. The van der Waals surface area contributed by atoms with Crippen LogP contribution in [0.15, 0.2) is 97.0 Å². The normalized spacial score (nSPS) is 12.7. The van der Waals surface area contributed by atoms with Crippen LogP contribution in [0, 0.1) is 17.9 Å². The van der Waals surface area contributed by atoms with Crippen LogP contribution in [0.2, 0.25) is 19.6 Å². The number of aliphatic hydroxyl groups excluding tert-OH is 1. The molecule has 3 aromatic heterocycles. The third kappa shape index (κ3) is 7.38. The summed E-state index contributed by atoms with van der Waals surface area (Å²) < 4.78 is 14.6. The number of fused-ring (bicyclic) bond motifs is 9. The van der Waals surface area contributed by atoms with Crippen LogP contribution in [-0.2, 0) is 24.9 Å². The first-order valence-corrected chi connectivity index (χ1v) is 21.0. The van der Waals surface area contributed by atoms with Gasteiger partial charge in [0, 0.05) is 54.5 Å². The SMILES string of the molecule is CCC(CC)C(=O)/C=C(\O)C(CC)CF.C[Si](C)(C)c1cc(-c2ncnc3c2nc2c4ccccc4c4ccccc4n32)[c-]c2ccccc12.[Ir]. The second-order valence-electron chi connectivity index (χ2n) is 13.9. The Morgan fingerprint density at radius 3 is 2.10 bits per heavy atom. The van der Waals surface area contributed by atoms with Crippen molar-refractivity contribution in [3.05, 3.63) is 103 Å². The molecule has 1 unspecified atom stereocenters. The van der Waals surface area contributed by atoms with E-state index in [2.05, 4.69) is 109 Å². The van der Waals surface area contributed by atoms with Gasteiger partial charge in [-0.2, -0.15) is 0 Å². The van der Waals surface area contributed by atoms with Crippen LogP contribution >= 0.6 is 0 Å². The average molecular weight is 876 g/mol. The molecule has 6 nitrogen and oxygen atoms in total. The van der Waals surface area contributed by atoms with E-state index in [9.17, 15) is 14.3 Å². The molecule has 1 atom stereocenters. The Hall–Kier alpha value is -4.30. The summed E-state index contributed by atoms with van der Waals surface area (Å²) in [6, 6.07) is 31.4. The Labute approximate surface area is 313 Å². The third-order valence-corrected chi connectivity index (χ3v) is 11.7. The van der Waals surface area contributed by atoms with Crippen molar-refractivity contribution in [2.24, 2.45) is 11.8 Å². The summed E-state index contributed by atoms with van der Waals surface area (Å²) in [5, 5.41) is 16.8. The Kier molecular flexibility index (Phi) is 11.9. The quantitative estimate of drug-likeness (QED) is 0.0514. The number of alkyl halides is 1. The van der Waals surface area contributed by atoms with E-state index in [0.717, 1.165) is 57.2 Å². The summed E-state index contributed by atoms with van der Waals surface area (Å²) in [5.41, 5.74) is 5.44. The number of aliphatic hydroxyl groups is 1. The molecular weight excluding hydrogens is 832 g/mol. The van der Waals surface area contributed by atoms with Crippen molar-refractivity contribution in [2.45, 2.75) is 59.7 Å². The van der Waals surface area contributed by atoms with Gasteiger partial charge in [0.1, 0.15) is 23.3 Å². The number of allylic oxidation sites excluding steroid dienone is 2. The fraction of sp³-hybridized carbons (Fsp3) is 0.286. The number of pyridine rings is 1. The minimum absolute atomic E-state index is 0. The molecule has 51 heavy (non-hydrogen) atoms. The summed E-state index contributed by atoms with van der Waals surface area (Å²) in [4.78, 5) is 26.3. The zero-order valence-corrected chi connectivity index (χ0v) is 33.4. The number of benzene rings is 4. The van der Waals surface area contributed by atoms with E-state index in [-0.39, 0.29) is 37.6 Å². The Morgan fingerprint density at radius 2 is 1.45 bits per heavy atom. The minimum Gasteiger partial charge on any atom is -0.512 e. The summed E-state index contributed by atoms with van der Waals surface area (Å²) in [6.07, 6.45) is 4.88. The van der Waals surface area contributed by atoms with Gasteiger partial charge >= 0.3 is 0 Å². The maximum absolute atomic E-state index is 12.4. The molecule has 0 amide bonds. The molecule has 265 valence electrons. The number of carbonyl (C=O) groups is 1. The summed E-state index contributed by atoms with van der Waals surface area (Å²) in [5.74, 6) is -0.783. The van der Waals surface area contributed by atoms with E-state index in [4.69, 9.17) is 15.0 Å². The van der Waals surface area contributed by atoms with Crippen molar-refractivity contribution < 1.29 is 34.4 Å². The van der Waals surface area contributed by atoms with Crippen LogP contribution < -0.4 is 5.19 Å². The summed E-state index contributed by atoms with van der Waals surface area (Å²) >= 11 is 0. The fourth-order valence-corrected chi connectivity index (χ4v) is 8.36. The standard InChI is InChI=1S/C30H23N4Si.C12H21FO2.Ir/c1-35(2,3)26-17-20(16-19-10-4-5-11-21(19)26)27-28-30(32-18-31-27)34-25-15-9-8-13-23(25)22-12-6-7-14-24(22)29(34)33-28;1-4-9(5-2)11(14)7-12(15)10(6-3)8-13;/h4-15,17-18H,1-3H3;7,9-10,15H,4-6,8H2,1-3H3;/q-1;;/b;12-7-;. The molecule has 0 saturated carbocycles. The van der Waals surface area contributed by atoms with Crippen LogP contribution in [0.4, 0.5) is 4.39 Å². The van der Waals surface area contributed by atoms with Crippen LogP contribution in [0.5, 0.6) is 0 Å². The number of ketones is 1. The number of hydrogen-bond acceptors (Lipinski definition) is 5. The van der Waals surface area contributed by atoms with E-state index in [1.165, 1.54) is 27.4 Å². The van der Waals surface area contributed by atoms with Crippen molar-refractivity contribution in [1.29, 1.82) is 0 Å². The second kappa shape index (κ2) is 15.9. The number of halogens is 1. The van der Waals surface area contributed by atoms with Gasteiger partial charge in [-0.3, -0.25) is 18.6 Å². The van der Waals surface area contributed by atoms with Crippen molar-refractivity contribution in [3.8, 4) is 11.3 Å². The number of carbonyl (C=O) groups excluding carboxylic acids is 1. The molecule has 0 bridgehead atoms. The second-order valence-corrected chi connectivity index (χ2v) is 18.9. The summed E-state index contributed by atoms with van der Waals surface area (Å²) in [6.45, 7) is 12.2. The summed E-state index contributed by atoms with van der Waals surface area (Å²) in [7, 11) is -1.62. The molecule has 4 aromatic carbocycles. The van der Waals surface area contributed by atoms with Gasteiger partial charge in [-0.15, -0.1) is 28.8 Å². The van der Waals surface area contributed by atoms with Gasteiger partial charge in [0.2, 0.25) is 0 Å². The van der Waals surface area contributed by atoms with Gasteiger partial charge in [-0.05, 0) is 30.7 Å². The van der Waals surface area contributed by atoms with E-state index < -0.39 is 20.7 Å². The van der Waals surface area contributed by atoms with Gasteiger partial charge in [0.25, 0.3) is 0 Å². The smallest absolute Gasteiger partial charge is 0.162 e. The molecule has 0 fully saturated rings. The van der Waals surface area contributed by atoms with Crippen molar-refractivity contribution >= 4 is 68.3 Å². The predicted octanol–water partition coefficient (Wildman–Crippen LogP) is 10.2. The van der Waals surface area contributed by atoms with Crippen LogP contribution in [-0.4, -0.2) is 45.0 Å². The zero-order valence-electron chi connectivity index (χ0n) is 30.0. The topological polar surface area (TPSA) is 80.4 Å².